The summed E-state index contributed by atoms with van der Waals surface area (Å²) in [6.45, 7) is 4.04. The second kappa shape index (κ2) is 6.07. The fraction of sp³-hybridized carbons (Fsp3) is 0.444. The van der Waals surface area contributed by atoms with E-state index in [-0.39, 0.29) is 24.3 Å². The number of hydrogen-bond donors (Lipinski definition) is 2. The van der Waals surface area contributed by atoms with Gasteiger partial charge in [0.15, 0.2) is 0 Å². The highest BCUT2D eigenvalue weighted by Gasteiger charge is 2.30. The van der Waals surface area contributed by atoms with Crippen LogP contribution < -0.4 is 5.32 Å². The minimum Gasteiger partial charge on any atom is -0.481 e. The van der Waals surface area contributed by atoms with Crippen molar-refractivity contribution in [2.45, 2.75) is 45.6 Å². The largest absolute Gasteiger partial charge is 0.481 e. The van der Waals surface area contributed by atoms with Crippen LogP contribution in [0.5, 0.6) is 0 Å². The third kappa shape index (κ3) is 3.09. The Labute approximate surface area is 134 Å². The number of furan rings is 1. The molecular weight excluding hydrogens is 294 g/mol. The van der Waals surface area contributed by atoms with E-state index in [9.17, 15) is 9.59 Å². The van der Waals surface area contributed by atoms with Crippen molar-refractivity contribution >= 4 is 22.8 Å². The van der Waals surface area contributed by atoms with E-state index in [2.05, 4.69) is 5.32 Å². The van der Waals surface area contributed by atoms with Crippen molar-refractivity contribution in [3.05, 3.63) is 35.1 Å². The van der Waals surface area contributed by atoms with E-state index in [0.29, 0.717) is 12.8 Å². The number of carboxylic acids is 1. The normalized spacial score (nSPS) is 20.8. The van der Waals surface area contributed by atoms with Gasteiger partial charge < -0.3 is 14.8 Å². The molecule has 1 aromatic carbocycles. The van der Waals surface area contributed by atoms with Crippen LogP contribution in [-0.4, -0.2) is 23.0 Å². The van der Waals surface area contributed by atoms with Crippen LogP contribution in [0.1, 0.15) is 36.0 Å². The number of rotatable bonds is 4. The summed E-state index contributed by atoms with van der Waals surface area (Å²) >= 11 is 0. The van der Waals surface area contributed by atoms with Gasteiger partial charge in [0.2, 0.25) is 5.91 Å². The van der Waals surface area contributed by atoms with E-state index in [4.69, 9.17) is 9.52 Å². The number of aryl methyl sites for hydroxylation is 2. The first kappa shape index (κ1) is 15.6. The lowest BCUT2D eigenvalue weighted by molar-refractivity contribution is -0.141. The van der Waals surface area contributed by atoms with Crippen molar-refractivity contribution in [2.75, 3.05) is 0 Å². The average Bonchev–Trinajstić information content (AvgIpc) is 3.11. The van der Waals surface area contributed by atoms with E-state index in [1.165, 1.54) is 0 Å². The van der Waals surface area contributed by atoms with Crippen LogP contribution in [-0.2, 0) is 16.0 Å². The Bertz CT molecular complexity index is 762. The predicted octanol–water partition coefficient (Wildman–Crippen LogP) is 2.96. The molecule has 1 fully saturated rings. The molecule has 0 aliphatic heterocycles. The molecule has 0 unspecified atom stereocenters. The van der Waals surface area contributed by atoms with Crippen LogP contribution in [0.15, 0.2) is 22.8 Å². The average molecular weight is 315 g/mol. The van der Waals surface area contributed by atoms with Crippen molar-refractivity contribution < 1.29 is 19.1 Å². The molecule has 0 radical (unpaired) electrons. The first-order chi connectivity index (χ1) is 11.0. The molecule has 2 aromatic rings. The Morgan fingerprint density at radius 3 is 2.78 bits per heavy atom. The molecule has 2 atom stereocenters. The van der Waals surface area contributed by atoms with Gasteiger partial charge in [-0.15, -0.1) is 0 Å². The van der Waals surface area contributed by atoms with Crippen molar-refractivity contribution in [1.29, 1.82) is 0 Å². The topological polar surface area (TPSA) is 79.5 Å². The Kier molecular flexibility index (Phi) is 4.11. The molecule has 1 aliphatic rings. The molecule has 5 nitrogen and oxygen atoms in total. The number of hydrogen-bond acceptors (Lipinski definition) is 3. The highest BCUT2D eigenvalue weighted by Crippen LogP contribution is 2.28. The predicted molar refractivity (Wildman–Crippen MR) is 86.3 cm³/mol. The van der Waals surface area contributed by atoms with E-state index in [1.807, 2.05) is 26.0 Å². The van der Waals surface area contributed by atoms with Gasteiger partial charge in [-0.25, -0.2) is 0 Å². The van der Waals surface area contributed by atoms with E-state index >= 15 is 0 Å². The molecular formula is C18H21NO4. The number of carbonyl (C=O) groups excluding carboxylic acids is 1. The summed E-state index contributed by atoms with van der Waals surface area (Å²) in [4.78, 5) is 23.2. The smallest absolute Gasteiger partial charge is 0.306 e. The number of benzene rings is 1. The van der Waals surface area contributed by atoms with E-state index in [0.717, 1.165) is 34.1 Å². The Hall–Kier alpha value is -2.30. The van der Waals surface area contributed by atoms with Crippen LogP contribution in [0, 0.1) is 19.8 Å². The summed E-state index contributed by atoms with van der Waals surface area (Å²) in [5.74, 6) is -1.18. The van der Waals surface area contributed by atoms with Crippen molar-refractivity contribution in [3.8, 4) is 0 Å². The summed E-state index contributed by atoms with van der Waals surface area (Å²) in [5, 5.41) is 12.9. The number of fused-ring (bicyclic) bond motifs is 1. The maximum atomic E-state index is 12.2. The molecule has 23 heavy (non-hydrogen) atoms. The maximum Gasteiger partial charge on any atom is 0.306 e. The third-order valence-electron chi connectivity index (χ3n) is 4.84. The monoisotopic (exact) mass is 315 g/mol. The second-order valence-electron chi connectivity index (χ2n) is 6.43. The zero-order chi connectivity index (χ0) is 16.6. The fourth-order valence-corrected chi connectivity index (χ4v) is 3.31. The zero-order valence-electron chi connectivity index (χ0n) is 13.4. The maximum absolute atomic E-state index is 12.2. The lowest BCUT2D eigenvalue weighted by Crippen LogP contribution is -2.34. The van der Waals surface area contributed by atoms with Crippen molar-refractivity contribution in [2.24, 2.45) is 5.92 Å². The Balaban J connectivity index is 1.67. The van der Waals surface area contributed by atoms with Gasteiger partial charge in [0, 0.05) is 17.0 Å². The summed E-state index contributed by atoms with van der Waals surface area (Å²) in [5.41, 5.74) is 3.95. The molecule has 3 rings (SSSR count). The first-order valence-electron chi connectivity index (χ1n) is 7.94. The van der Waals surface area contributed by atoms with Crippen LogP contribution in [0.25, 0.3) is 11.0 Å². The minimum atomic E-state index is -0.770. The molecule has 1 heterocycles. The number of aliphatic carboxylic acids is 1. The quantitative estimate of drug-likeness (QED) is 0.909. The molecule has 0 saturated heterocycles. The van der Waals surface area contributed by atoms with Crippen molar-refractivity contribution in [1.82, 2.24) is 5.32 Å². The van der Waals surface area contributed by atoms with Gasteiger partial charge >= 0.3 is 5.97 Å². The molecule has 0 spiro atoms. The lowest BCUT2D eigenvalue weighted by Gasteiger charge is -2.12. The first-order valence-corrected chi connectivity index (χ1v) is 7.94. The minimum absolute atomic E-state index is 0.0363. The van der Waals surface area contributed by atoms with Crippen LogP contribution >= 0.6 is 0 Å². The lowest BCUT2D eigenvalue weighted by atomic mass is 10.0. The second-order valence-corrected chi connectivity index (χ2v) is 6.43. The molecule has 1 amide bonds. The Morgan fingerprint density at radius 2 is 2.09 bits per heavy atom. The van der Waals surface area contributed by atoms with Crippen LogP contribution in [0.2, 0.25) is 0 Å². The molecule has 1 saturated carbocycles. The van der Waals surface area contributed by atoms with Gasteiger partial charge in [0.1, 0.15) is 5.58 Å². The fourth-order valence-electron chi connectivity index (χ4n) is 3.31. The number of nitrogens with one attached hydrogen (secondary N) is 1. The molecule has 1 aliphatic carbocycles. The number of carbonyl (C=O) groups is 2. The van der Waals surface area contributed by atoms with Crippen LogP contribution in [0.3, 0.4) is 0 Å². The van der Waals surface area contributed by atoms with Gasteiger partial charge in [0.05, 0.1) is 18.6 Å². The zero-order valence-corrected chi connectivity index (χ0v) is 13.4. The highest BCUT2D eigenvalue weighted by molar-refractivity contribution is 5.89. The number of carboxylic acid groups (broad SMARTS) is 1. The van der Waals surface area contributed by atoms with Crippen LogP contribution in [0.4, 0.5) is 0 Å². The van der Waals surface area contributed by atoms with Crippen molar-refractivity contribution in [3.63, 3.8) is 0 Å². The molecule has 5 heteroatoms. The SMILES string of the molecule is Cc1ccc2c(CC(=O)N[C@@H]3CC[C@H](C(=O)O)C3)coc2c1C. The van der Waals surface area contributed by atoms with Gasteiger partial charge in [-0.2, -0.15) is 0 Å². The third-order valence-corrected chi connectivity index (χ3v) is 4.84. The van der Waals surface area contributed by atoms with E-state index in [1.54, 1.807) is 6.26 Å². The number of amides is 1. The Morgan fingerprint density at radius 1 is 1.30 bits per heavy atom. The summed E-state index contributed by atoms with van der Waals surface area (Å²) in [6, 6.07) is 3.98. The summed E-state index contributed by atoms with van der Waals surface area (Å²) in [7, 11) is 0. The highest BCUT2D eigenvalue weighted by atomic mass is 16.4. The van der Waals surface area contributed by atoms with Gasteiger partial charge in [-0.1, -0.05) is 12.1 Å². The van der Waals surface area contributed by atoms with Gasteiger partial charge in [-0.05, 0) is 44.2 Å². The summed E-state index contributed by atoms with van der Waals surface area (Å²) < 4.78 is 5.62. The molecule has 1 aromatic heterocycles. The van der Waals surface area contributed by atoms with E-state index < -0.39 is 5.97 Å². The molecule has 0 bridgehead atoms. The molecule has 122 valence electrons. The summed E-state index contributed by atoms with van der Waals surface area (Å²) in [6.07, 6.45) is 3.78. The van der Waals surface area contributed by atoms with Gasteiger partial charge in [-0.3, -0.25) is 9.59 Å². The standard InChI is InChI=1S/C18H21NO4/c1-10-3-6-15-13(9-23-17(15)11(10)2)8-16(20)19-14-5-4-12(7-14)18(21)22/h3,6,9,12,14H,4-5,7-8H2,1-2H3,(H,19,20)(H,21,22)/t12-,14+/m0/s1. The molecule has 2 N–H and O–H groups in total. The van der Waals surface area contributed by atoms with Gasteiger partial charge in [0.25, 0.3) is 0 Å².